The van der Waals surface area contributed by atoms with E-state index in [1.807, 2.05) is 0 Å². The summed E-state index contributed by atoms with van der Waals surface area (Å²) in [6.45, 7) is 2.36. The molecule has 2 atom stereocenters. The van der Waals surface area contributed by atoms with Gasteiger partial charge in [0.1, 0.15) is 9.77 Å². The highest BCUT2D eigenvalue weighted by molar-refractivity contribution is 7.89. The standard InChI is InChI=1S/C11H15NO5S2/c1-7(8-3-2-5-17-8)12-19(15,16)9-4-6-18-10(9)11(13)14/h4,6-8,12H,2-3,5H2,1H3,(H,13,14). The van der Waals surface area contributed by atoms with Crippen molar-refractivity contribution in [2.75, 3.05) is 6.61 Å². The minimum absolute atomic E-state index is 0.151. The molecule has 2 unspecified atom stereocenters. The maximum atomic E-state index is 12.2. The van der Waals surface area contributed by atoms with Gasteiger partial charge < -0.3 is 9.84 Å². The van der Waals surface area contributed by atoms with E-state index in [2.05, 4.69) is 4.72 Å². The highest BCUT2D eigenvalue weighted by atomic mass is 32.2. The zero-order chi connectivity index (χ0) is 14.0. The Balaban J connectivity index is 2.17. The van der Waals surface area contributed by atoms with Gasteiger partial charge in [-0.15, -0.1) is 11.3 Å². The summed E-state index contributed by atoms with van der Waals surface area (Å²) in [7, 11) is -3.83. The van der Waals surface area contributed by atoms with E-state index in [9.17, 15) is 13.2 Å². The molecular weight excluding hydrogens is 290 g/mol. The summed E-state index contributed by atoms with van der Waals surface area (Å²) in [6.07, 6.45) is 1.57. The van der Waals surface area contributed by atoms with Crippen LogP contribution in [0.3, 0.4) is 0 Å². The SMILES string of the molecule is CC(NS(=O)(=O)c1ccsc1C(=O)O)C1CCCO1. The molecule has 2 N–H and O–H groups in total. The average Bonchev–Trinajstić information content (AvgIpc) is 3.00. The van der Waals surface area contributed by atoms with Gasteiger partial charge in [-0.2, -0.15) is 0 Å². The molecule has 1 aromatic heterocycles. The van der Waals surface area contributed by atoms with E-state index in [0.29, 0.717) is 6.61 Å². The third kappa shape index (κ3) is 3.14. The molecule has 2 heterocycles. The Labute approximate surface area is 115 Å². The van der Waals surface area contributed by atoms with Gasteiger partial charge in [-0.05, 0) is 31.2 Å². The summed E-state index contributed by atoms with van der Waals surface area (Å²) in [4.78, 5) is 10.6. The number of thiophene rings is 1. The molecule has 0 aliphatic carbocycles. The first-order valence-electron chi connectivity index (χ1n) is 5.86. The number of sulfonamides is 1. The lowest BCUT2D eigenvalue weighted by Crippen LogP contribution is -2.41. The Bertz CT molecular complexity index is 559. The van der Waals surface area contributed by atoms with E-state index in [4.69, 9.17) is 9.84 Å². The van der Waals surface area contributed by atoms with E-state index < -0.39 is 16.0 Å². The number of carbonyl (C=O) groups is 1. The largest absolute Gasteiger partial charge is 0.477 e. The van der Waals surface area contributed by atoms with Crippen molar-refractivity contribution in [1.82, 2.24) is 4.72 Å². The van der Waals surface area contributed by atoms with Crippen molar-refractivity contribution in [3.05, 3.63) is 16.3 Å². The van der Waals surface area contributed by atoms with Crippen LogP contribution >= 0.6 is 11.3 Å². The van der Waals surface area contributed by atoms with Gasteiger partial charge in [0.15, 0.2) is 0 Å². The van der Waals surface area contributed by atoms with Crippen molar-refractivity contribution in [1.29, 1.82) is 0 Å². The molecule has 1 aliphatic heterocycles. The zero-order valence-corrected chi connectivity index (χ0v) is 12.0. The summed E-state index contributed by atoms with van der Waals surface area (Å²) in [5.41, 5.74) is 0. The van der Waals surface area contributed by atoms with Crippen LogP contribution in [-0.2, 0) is 14.8 Å². The number of hydrogen-bond donors (Lipinski definition) is 2. The van der Waals surface area contributed by atoms with E-state index in [1.165, 1.54) is 11.4 Å². The Morgan fingerprint density at radius 2 is 2.37 bits per heavy atom. The lowest BCUT2D eigenvalue weighted by atomic mass is 10.1. The number of ether oxygens (including phenoxy) is 1. The van der Waals surface area contributed by atoms with Gasteiger partial charge in [0.2, 0.25) is 10.0 Å². The number of carboxylic acid groups (broad SMARTS) is 1. The fourth-order valence-electron chi connectivity index (χ4n) is 2.05. The Kier molecular flexibility index (Phi) is 4.24. The zero-order valence-electron chi connectivity index (χ0n) is 10.3. The average molecular weight is 305 g/mol. The minimum Gasteiger partial charge on any atom is -0.477 e. The molecule has 0 saturated carbocycles. The molecule has 6 nitrogen and oxygen atoms in total. The Morgan fingerprint density at radius 1 is 1.63 bits per heavy atom. The molecule has 19 heavy (non-hydrogen) atoms. The predicted molar refractivity (Wildman–Crippen MR) is 70.0 cm³/mol. The second-order valence-electron chi connectivity index (χ2n) is 4.38. The van der Waals surface area contributed by atoms with Crippen molar-refractivity contribution in [3.63, 3.8) is 0 Å². The number of nitrogens with one attached hydrogen (secondary N) is 1. The lowest BCUT2D eigenvalue weighted by Gasteiger charge is -2.19. The van der Waals surface area contributed by atoms with Crippen molar-refractivity contribution in [2.24, 2.45) is 0 Å². The van der Waals surface area contributed by atoms with Crippen LogP contribution in [0, 0.1) is 0 Å². The number of aromatic carboxylic acids is 1. The van der Waals surface area contributed by atoms with Crippen LogP contribution in [0.1, 0.15) is 29.4 Å². The first kappa shape index (κ1) is 14.4. The molecule has 0 bridgehead atoms. The van der Waals surface area contributed by atoms with Gasteiger partial charge in [0.05, 0.1) is 6.10 Å². The van der Waals surface area contributed by atoms with Crippen LogP contribution in [-0.4, -0.2) is 38.2 Å². The maximum absolute atomic E-state index is 12.2. The van der Waals surface area contributed by atoms with Crippen LogP contribution in [0.4, 0.5) is 0 Å². The number of rotatable bonds is 5. The van der Waals surface area contributed by atoms with E-state index in [-0.39, 0.29) is 21.9 Å². The first-order valence-corrected chi connectivity index (χ1v) is 8.23. The van der Waals surface area contributed by atoms with Crippen molar-refractivity contribution >= 4 is 27.3 Å². The van der Waals surface area contributed by atoms with Crippen LogP contribution in [0.5, 0.6) is 0 Å². The first-order chi connectivity index (χ1) is 8.92. The summed E-state index contributed by atoms with van der Waals surface area (Å²) in [5, 5.41) is 10.4. The molecule has 2 rings (SSSR count). The van der Waals surface area contributed by atoms with Gasteiger partial charge in [0, 0.05) is 12.6 Å². The van der Waals surface area contributed by atoms with E-state index >= 15 is 0 Å². The highest BCUT2D eigenvalue weighted by Crippen LogP contribution is 2.23. The van der Waals surface area contributed by atoms with E-state index in [0.717, 1.165) is 24.2 Å². The molecule has 0 spiro atoms. The monoisotopic (exact) mass is 305 g/mol. The Hall–Kier alpha value is -0.960. The van der Waals surface area contributed by atoms with Crippen LogP contribution in [0.25, 0.3) is 0 Å². The van der Waals surface area contributed by atoms with Crippen molar-refractivity contribution in [2.45, 2.75) is 36.8 Å². The fraction of sp³-hybridized carbons (Fsp3) is 0.545. The normalized spacial score (nSPS) is 21.4. The van der Waals surface area contributed by atoms with Gasteiger partial charge in [-0.3, -0.25) is 0 Å². The van der Waals surface area contributed by atoms with Crippen molar-refractivity contribution in [3.8, 4) is 0 Å². The van der Waals surface area contributed by atoms with Gasteiger partial charge in [-0.25, -0.2) is 17.9 Å². The van der Waals surface area contributed by atoms with Crippen LogP contribution < -0.4 is 4.72 Å². The molecule has 0 radical (unpaired) electrons. The second-order valence-corrected chi connectivity index (χ2v) is 6.98. The second kappa shape index (κ2) is 5.58. The molecular formula is C11H15NO5S2. The molecule has 1 fully saturated rings. The summed E-state index contributed by atoms with van der Waals surface area (Å²) >= 11 is 0.894. The third-order valence-electron chi connectivity index (χ3n) is 2.98. The topological polar surface area (TPSA) is 92.7 Å². The smallest absolute Gasteiger partial charge is 0.347 e. The number of carboxylic acids is 1. The molecule has 0 amide bonds. The van der Waals surface area contributed by atoms with Gasteiger partial charge >= 0.3 is 5.97 Å². The van der Waals surface area contributed by atoms with Crippen LogP contribution in [0.2, 0.25) is 0 Å². The molecule has 1 aliphatic rings. The molecule has 8 heteroatoms. The molecule has 1 saturated heterocycles. The quantitative estimate of drug-likeness (QED) is 0.855. The summed E-state index contributed by atoms with van der Waals surface area (Å²) in [5.74, 6) is -1.24. The Morgan fingerprint density at radius 3 is 2.95 bits per heavy atom. The minimum atomic E-state index is -3.83. The molecule has 0 aromatic carbocycles. The van der Waals surface area contributed by atoms with Crippen molar-refractivity contribution < 1.29 is 23.1 Å². The molecule has 106 valence electrons. The fourth-order valence-corrected chi connectivity index (χ4v) is 4.58. The maximum Gasteiger partial charge on any atom is 0.347 e. The molecule has 1 aromatic rings. The summed E-state index contributed by atoms with van der Waals surface area (Å²) in [6, 6.07) is 0.924. The van der Waals surface area contributed by atoms with Crippen LogP contribution in [0.15, 0.2) is 16.3 Å². The van der Waals surface area contributed by atoms with E-state index in [1.54, 1.807) is 6.92 Å². The van der Waals surface area contributed by atoms with Gasteiger partial charge in [-0.1, -0.05) is 0 Å². The highest BCUT2D eigenvalue weighted by Gasteiger charge is 2.29. The number of hydrogen-bond acceptors (Lipinski definition) is 5. The van der Waals surface area contributed by atoms with Gasteiger partial charge in [0.25, 0.3) is 0 Å². The lowest BCUT2D eigenvalue weighted by molar-refractivity contribution is 0.0698. The summed E-state index contributed by atoms with van der Waals surface area (Å²) < 4.78 is 32.2. The third-order valence-corrected chi connectivity index (χ3v) is 5.61. The predicted octanol–water partition coefficient (Wildman–Crippen LogP) is 1.29.